The summed E-state index contributed by atoms with van der Waals surface area (Å²) in [6, 6.07) is 10.7. The third-order valence-corrected chi connectivity index (χ3v) is 3.81. The molecule has 0 radical (unpaired) electrons. The lowest BCUT2D eigenvalue weighted by molar-refractivity contribution is -0.132. The Morgan fingerprint density at radius 3 is 2.42 bits per heavy atom. The van der Waals surface area contributed by atoms with Gasteiger partial charge < -0.3 is 4.90 Å². The van der Waals surface area contributed by atoms with Crippen molar-refractivity contribution < 1.29 is 4.79 Å². The predicted molar refractivity (Wildman–Crippen MR) is 78.1 cm³/mol. The third-order valence-electron chi connectivity index (χ3n) is 3.81. The molecule has 1 heterocycles. The van der Waals surface area contributed by atoms with Crippen molar-refractivity contribution in [2.75, 3.05) is 32.7 Å². The summed E-state index contributed by atoms with van der Waals surface area (Å²) in [5.74, 6) is 0.295. The van der Waals surface area contributed by atoms with Crippen LogP contribution < -0.4 is 0 Å². The molecule has 1 saturated heterocycles. The first-order chi connectivity index (χ1) is 9.29. The molecule has 3 nitrogen and oxygen atoms in total. The summed E-state index contributed by atoms with van der Waals surface area (Å²) in [7, 11) is 0. The molecule has 1 fully saturated rings. The number of hydrogen-bond acceptors (Lipinski definition) is 2. The maximum atomic E-state index is 11.6. The summed E-state index contributed by atoms with van der Waals surface area (Å²) in [6.45, 7) is 6.94. The van der Waals surface area contributed by atoms with Gasteiger partial charge in [-0.25, -0.2) is 0 Å². The van der Waals surface area contributed by atoms with E-state index < -0.39 is 0 Å². The van der Waals surface area contributed by atoms with Crippen LogP contribution in [0.3, 0.4) is 0 Å². The van der Waals surface area contributed by atoms with E-state index in [2.05, 4.69) is 35.2 Å². The standard InChI is InChI=1S/C16H24N2O/c1-2-16(19)18-13-11-17(12-14-18)10-6-9-15-7-4-3-5-8-15/h3-5,7-8H,2,6,9-14H2,1H3. The molecule has 1 aromatic carbocycles. The molecule has 1 amide bonds. The van der Waals surface area contributed by atoms with E-state index in [1.54, 1.807) is 0 Å². The highest BCUT2D eigenvalue weighted by Crippen LogP contribution is 2.07. The monoisotopic (exact) mass is 260 g/mol. The van der Waals surface area contributed by atoms with Gasteiger partial charge in [-0.15, -0.1) is 0 Å². The van der Waals surface area contributed by atoms with Crippen molar-refractivity contribution in [3.05, 3.63) is 35.9 Å². The Morgan fingerprint density at radius 2 is 1.79 bits per heavy atom. The van der Waals surface area contributed by atoms with Crippen LogP contribution >= 0.6 is 0 Å². The van der Waals surface area contributed by atoms with Crippen LogP contribution in [0.2, 0.25) is 0 Å². The number of carbonyl (C=O) groups excluding carboxylic acids is 1. The first-order valence-electron chi connectivity index (χ1n) is 7.33. The summed E-state index contributed by atoms with van der Waals surface area (Å²) in [6.07, 6.45) is 2.98. The van der Waals surface area contributed by atoms with Crippen molar-refractivity contribution in [1.29, 1.82) is 0 Å². The summed E-state index contributed by atoms with van der Waals surface area (Å²) in [5, 5.41) is 0. The quantitative estimate of drug-likeness (QED) is 0.810. The van der Waals surface area contributed by atoms with Crippen LogP contribution in [-0.4, -0.2) is 48.4 Å². The van der Waals surface area contributed by atoms with Crippen LogP contribution in [-0.2, 0) is 11.2 Å². The second kappa shape index (κ2) is 7.29. The van der Waals surface area contributed by atoms with Crippen LogP contribution in [0.1, 0.15) is 25.3 Å². The Kier molecular flexibility index (Phi) is 5.40. The van der Waals surface area contributed by atoms with Gasteiger partial charge in [-0.2, -0.15) is 0 Å². The molecule has 0 atom stereocenters. The van der Waals surface area contributed by atoms with Crippen molar-refractivity contribution in [3.8, 4) is 0 Å². The lowest BCUT2D eigenvalue weighted by atomic mass is 10.1. The molecule has 0 saturated carbocycles. The zero-order valence-corrected chi connectivity index (χ0v) is 11.8. The summed E-state index contributed by atoms with van der Waals surface area (Å²) >= 11 is 0. The number of amides is 1. The van der Waals surface area contributed by atoms with Gasteiger partial charge in [-0.1, -0.05) is 37.3 Å². The van der Waals surface area contributed by atoms with Crippen molar-refractivity contribution in [3.63, 3.8) is 0 Å². The number of rotatable bonds is 5. The lowest BCUT2D eigenvalue weighted by Gasteiger charge is -2.34. The number of aryl methyl sites for hydroxylation is 1. The van der Waals surface area contributed by atoms with Crippen LogP contribution in [0.15, 0.2) is 30.3 Å². The van der Waals surface area contributed by atoms with Crippen LogP contribution in [0.5, 0.6) is 0 Å². The number of carbonyl (C=O) groups is 1. The smallest absolute Gasteiger partial charge is 0.222 e. The van der Waals surface area contributed by atoms with E-state index in [1.807, 2.05) is 11.8 Å². The SMILES string of the molecule is CCC(=O)N1CCN(CCCc2ccccc2)CC1. The fourth-order valence-corrected chi connectivity index (χ4v) is 2.60. The molecule has 0 aliphatic carbocycles. The summed E-state index contributed by atoms with van der Waals surface area (Å²) < 4.78 is 0. The van der Waals surface area contributed by atoms with Crippen molar-refractivity contribution in [2.45, 2.75) is 26.2 Å². The van der Waals surface area contributed by atoms with Gasteiger partial charge in [0, 0.05) is 32.6 Å². The van der Waals surface area contributed by atoms with Crippen LogP contribution in [0.4, 0.5) is 0 Å². The highest BCUT2D eigenvalue weighted by Gasteiger charge is 2.19. The highest BCUT2D eigenvalue weighted by atomic mass is 16.2. The molecular weight excluding hydrogens is 236 g/mol. The third kappa shape index (κ3) is 4.35. The Balaban J connectivity index is 1.65. The van der Waals surface area contributed by atoms with Gasteiger partial charge in [-0.3, -0.25) is 9.69 Å². The minimum Gasteiger partial charge on any atom is -0.340 e. The van der Waals surface area contributed by atoms with Gasteiger partial charge in [0.05, 0.1) is 0 Å². The lowest BCUT2D eigenvalue weighted by Crippen LogP contribution is -2.48. The second-order valence-electron chi connectivity index (χ2n) is 5.17. The van der Waals surface area contributed by atoms with Crippen LogP contribution in [0.25, 0.3) is 0 Å². The number of benzene rings is 1. The molecular formula is C16H24N2O. The molecule has 0 unspecified atom stereocenters. The van der Waals surface area contributed by atoms with E-state index in [-0.39, 0.29) is 0 Å². The zero-order valence-electron chi connectivity index (χ0n) is 11.8. The molecule has 1 aliphatic heterocycles. The van der Waals surface area contributed by atoms with E-state index >= 15 is 0 Å². The van der Waals surface area contributed by atoms with Gasteiger partial charge in [0.25, 0.3) is 0 Å². The molecule has 1 aliphatic rings. The molecule has 104 valence electrons. The molecule has 0 spiro atoms. The Hall–Kier alpha value is -1.35. The number of piperazine rings is 1. The molecule has 1 aromatic rings. The van der Waals surface area contributed by atoms with Gasteiger partial charge in [0.1, 0.15) is 0 Å². The molecule has 0 N–H and O–H groups in total. The van der Waals surface area contributed by atoms with E-state index in [4.69, 9.17) is 0 Å². The Morgan fingerprint density at radius 1 is 1.11 bits per heavy atom. The number of nitrogens with zero attached hydrogens (tertiary/aromatic N) is 2. The second-order valence-corrected chi connectivity index (χ2v) is 5.17. The van der Waals surface area contributed by atoms with Crippen molar-refractivity contribution >= 4 is 5.91 Å². The first kappa shape index (κ1) is 14.1. The average molecular weight is 260 g/mol. The van der Waals surface area contributed by atoms with Gasteiger partial charge in [0.2, 0.25) is 5.91 Å². The average Bonchev–Trinajstić information content (AvgIpc) is 2.48. The zero-order chi connectivity index (χ0) is 13.5. The Bertz CT molecular complexity index is 383. The van der Waals surface area contributed by atoms with Gasteiger partial charge in [0.15, 0.2) is 0 Å². The minimum absolute atomic E-state index is 0.295. The fraction of sp³-hybridized carbons (Fsp3) is 0.562. The first-order valence-corrected chi connectivity index (χ1v) is 7.33. The Labute approximate surface area is 116 Å². The van der Waals surface area contributed by atoms with E-state index in [9.17, 15) is 4.79 Å². The van der Waals surface area contributed by atoms with Gasteiger partial charge >= 0.3 is 0 Å². The fourth-order valence-electron chi connectivity index (χ4n) is 2.60. The van der Waals surface area contributed by atoms with E-state index in [0.717, 1.165) is 39.1 Å². The normalized spacial score (nSPS) is 16.6. The van der Waals surface area contributed by atoms with Gasteiger partial charge in [-0.05, 0) is 24.9 Å². The molecule has 19 heavy (non-hydrogen) atoms. The minimum atomic E-state index is 0.295. The van der Waals surface area contributed by atoms with Crippen LogP contribution in [0, 0.1) is 0 Å². The molecule has 0 aromatic heterocycles. The topological polar surface area (TPSA) is 23.6 Å². The van der Waals surface area contributed by atoms with Crippen molar-refractivity contribution in [1.82, 2.24) is 9.80 Å². The molecule has 0 bridgehead atoms. The molecule has 2 rings (SSSR count). The summed E-state index contributed by atoms with van der Waals surface area (Å²) in [5.41, 5.74) is 1.42. The van der Waals surface area contributed by atoms with E-state index in [0.29, 0.717) is 12.3 Å². The highest BCUT2D eigenvalue weighted by molar-refractivity contribution is 5.75. The predicted octanol–water partition coefficient (Wildman–Crippen LogP) is 2.17. The van der Waals surface area contributed by atoms with E-state index in [1.165, 1.54) is 12.0 Å². The molecule has 3 heteroatoms. The maximum absolute atomic E-state index is 11.6. The number of hydrogen-bond donors (Lipinski definition) is 0. The maximum Gasteiger partial charge on any atom is 0.222 e. The van der Waals surface area contributed by atoms with Crippen molar-refractivity contribution in [2.24, 2.45) is 0 Å². The largest absolute Gasteiger partial charge is 0.340 e. The summed E-state index contributed by atoms with van der Waals surface area (Å²) in [4.78, 5) is 16.0.